The van der Waals surface area contributed by atoms with Crippen molar-refractivity contribution in [1.82, 2.24) is 15.1 Å². The molecular formula is C19H26F3N3O2S. The first-order valence-corrected chi connectivity index (χ1v) is 10.1. The Bertz CT molecular complexity index is 702. The molecule has 28 heavy (non-hydrogen) atoms. The Morgan fingerprint density at radius 2 is 1.86 bits per heavy atom. The lowest BCUT2D eigenvalue weighted by molar-refractivity contribution is -0.137. The van der Waals surface area contributed by atoms with Gasteiger partial charge in [0.25, 0.3) is 0 Å². The number of carbonyl (C=O) groups excluding carboxylic acids is 2. The third-order valence-electron chi connectivity index (χ3n) is 4.25. The summed E-state index contributed by atoms with van der Waals surface area (Å²) in [5.74, 6) is 0.189. The van der Waals surface area contributed by atoms with Crippen molar-refractivity contribution in [3.8, 4) is 0 Å². The zero-order valence-electron chi connectivity index (χ0n) is 16.5. The normalized spacial score (nSPS) is 17.8. The van der Waals surface area contributed by atoms with Crippen LogP contribution in [0.5, 0.6) is 0 Å². The maximum atomic E-state index is 12.8. The summed E-state index contributed by atoms with van der Waals surface area (Å²) in [6, 6.07) is 4.68. The average Bonchev–Trinajstić information content (AvgIpc) is 2.94. The lowest BCUT2D eigenvalue weighted by atomic mass is 10.1. The van der Waals surface area contributed by atoms with Crippen molar-refractivity contribution in [2.24, 2.45) is 0 Å². The van der Waals surface area contributed by atoms with Gasteiger partial charge in [-0.05, 0) is 45.4 Å². The Hall–Kier alpha value is -1.90. The molecule has 0 spiro atoms. The number of nitrogens with zero attached hydrogens (tertiary/aromatic N) is 2. The minimum atomic E-state index is -4.39. The molecule has 1 aromatic carbocycles. The Morgan fingerprint density at radius 3 is 2.36 bits per heavy atom. The van der Waals surface area contributed by atoms with Gasteiger partial charge >= 0.3 is 12.2 Å². The van der Waals surface area contributed by atoms with Crippen LogP contribution in [0.4, 0.5) is 18.0 Å². The highest BCUT2D eigenvalue weighted by atomic mass is 32.2. The van der Waals surface area contributed by atoms with Crippen molar-refractivity contribution in [3.63, 3.8) is 0 Å². The molecule has 1 aliphatic heterocycles. The molecule has 1 aromatic rings. The quantitative estimate of drug-likeness (QED) is 0.785. The van der Waals surface area contributed by atoms with E-state index in [4.69, 9.17) is 0 Å². The predicted molar refractivity (Wildman–Crippen MR) is 104 cm³/mol. The van der Waals surface area contributed by atoms with Gasteiger partial charge in [0.2, 0.25) is 5.91 Å². The van der Waals surface area contributed by atoms with Gasteiger partial charge in [0.1, 0.15) is 5.37 Å². The molecule has 156 valence electrons. The molecule has 0 aliphatic carbocycles. The summed E-state index contributed by atoms with van der Waals surface area (Å²) in [5, 5.41) is 2.54. The fraction of sp³-hybridized carbons (Fsp3) is 0.579. The molecule has 0 radical (unpaired) electrons. The molecule has 0 saturated carbocycles. The summed E-state index contributed by atoms with van der Waals surface area (Å²) in [6.45, 7) is 8.68. The number of carbonyl (C=O) groups is 2. The number of rotatable bonds is 5. The maximum absolute atomic E-state index is 12.8. The van der Waals surface area contributed by atoms with Gasteiger partial charge in [-0.15, -0.1) is 11.8 Å². The van der Waals surface area contributed by atoms with Crippen LogP contribution < -0.4 is 5.32 Å². The number of likely N-dealkylation sites (N-methyl/N-ethyl adjacent to an activating group) is 1. The molecule has 3 amide bonds. The van der Waals surface area contributed by atoms with E-state index in [1.54, 1.807) is 9.80 Å². The second-order valence-electron chi connectivity index (χ2n) is 7.63. The number of alkyl halides is 3. The largest absolute Gasteiger partial charge is 0.416 e. The molecule has 5 nitrogen and oxygen atoms in total. The monoisotopic (exact) mass is 417 g/mol. The molecular weight excluding hydrogens is 391 g/mol. The molecule has 1 N–H and O–H groups in total. The minimum absolute atomic E-state index is 0.0813. The third-order valence-corrected chi connectivity index (χ3v) is 5.51. The van der Waals surface area contributed by atoms with Gasteiger partial charge in [-0.3, -0.25) is 4.79 Å². The first-order valence-electron chi connectivity index (χ1n) is 9.07. The highest BCUT2D eigenvalue weighted by molar-refractivity contribution is 8.00. The number of hydrogen-bond acceptors (Lipinski definition) is 3. The molecule has 0 aromatic heterocycles. The molecule has 1 fully saturated rings. The van der Waals surface area contributed by atoms with Gasteiger partial charge in [0.05, 0.1) is 11.3 Å². The van der Waals surface area contributed by atoms with Crippen LogP contribution in [0.2, 0.25) is 0 Å². The second-order valence-corrected chi connectivity index (χ2v) is 8.70. The molecule has 1 unspecified atom stereocenters. The zero-order valence-corrected chi connectivity index (χ0v) is 17.3. The topological polar surface area (TPSA) is 52.7 Å². The summed E-state index contributed by atoms with van der Waals surface area (Å²) in [5.41, 5.74) is -0.439. The standard InChI is InChI=1S/C19H26F3N3O2S/c1-5-24(17(27)23-18(2,3)4)10-11-25-15(26)12-28-16(25)13-6-8-14(9-7-13)19(20,21)22/h6-9,16H,5,10-12H2,1-4H3,(H,23,27). The van der Waals surface area contributed by atoms with Crippen LogP contribution in [-0.2, 0) is 11.0 Å². The fourth-order valence-electron chi connectivity index (χ4n) is 2.84. The van der Waals surface area contributed by atoms with Gasteiger partial charge < -0.3 is 15.1 Å². The smallest absolute Gasteiger partial charge is 0.333 e. The van der Waals surface area contributed by atoms with E-state index in [2.05, 4.69) is 5.32 Å². The van der Waals surface area contributed by atoms with Crippen LogP contribution >= 0.6 is 11.8 Å². The number of halogens is 3. The Balaban J connectivity index is 2.06. The molecule has 1 aliphatic rings. The van der Waals surface area contributed by atoms with E-state index >= 15 is 0 Å². The summed E-state index contributed by atoms with van der Waals surface area (Å²) in [7, 11) is 0. The van der Waals surface area contributed by atoms with Gasteiger partial charge in [0.15, 0.2) is 0 Å². The number of thioether (sulfide) groups is 1. The van der Waals surface area contributed by atoms with Crippen LogP contribution in [0.3, 0.4) is 0 Å². The Labute approximate surface area is 167 Å². The predicted octanol–water partition coefficient (Wildman–Crippen LogP) is 4.11. The summed E-state index contributed by atoms with van der Waals surface area (Å²) >= 11 is 1.38. The van der Waals surface area contributed by atoms with Gasteiger partial charge in [-0.25, -0.2) is 4.79 Å². The van der Waals surface area contributed by atoms with E-state index in [-0.39, 0.29) is 28.6 Å². The molecule has 2 rings (SSSR count). The first-order chi connectivity index (χ1) is 12.9. The lowest BCUT2D eigenvalue weighted by Crippen LogP contribution is -2.50. The number of nitrogens with one attached hydrogen (secondary N) is 1. The van der Waals surface area contributed by atoms with Crippen molar-refractivity contribution in [2.75, 3.05) is 25.4 Å². The summed E-state index contributed by atoms with van der Waals surface area (Å²) in [6.07, 6.45) is -4.39. The van der Waals surface area contributed by atoms with Crippen LogP contribution in [0.15, 0.2) is 24.3 Å². The van der Waals surface area contributed by atoms with E-state index in [0.29, 0.717) is 25.2 Å². The van der Waals surface area contributed by atoms with Crippen LogP contribution in [-0.4, -0.2) is 52.7 Å². The van der Waals surface area contributed by atoms with E-state index in [0.717, 1.165) is 12.1 Å². The number of hydrogen-bond donors (Lipinski definition) is 1. The Morgan fingerprint density at radius 1 is 1.25 bits per heavy atom. The maximum Gasteiger partial charge on any atom is 0.416 e. The lowest BCUT2D eigenvalue weighted by Gasteiger charge is -2.30. The molecule has 1 saturated heterocycles. The second kappa shape index (κ2) is 8.63. The van der Waals surface area contributed by atoms with Crippen molar-refractivity contribution in [1.29, 1.82) is 0 Å². The van der Waals surface area contributed by atoms with Crippen molar-refractivity contribution >= 4 is 23.7 Å². The highest BCUT2D eigenvalue weighted by Crippen LogP contribution is 2.39. The number of urea groups is 1. The fourth-order valence-corrected chi connectivity index (χ4v) is 4.06. The van der Waals surface area contributed by atoms with E-state index in [9.17, 15) is 22.8 Å². The average molecular weight is 417 g/mol. The minimum Gasteiger partial charge on any atom is -0.333 e. The molecule has 0 bridgehead atoms. The van der Waals surface area contributed by atoms with Crippen LogP contribution in [0.25, 0.3) is 0 Å². The van der Waals surface area contributed by atoms with E-state index in [1.807, 2.05) is 27.7 Å². The molecule has 1 atom stereocenters. The van der Waals surface area contributed by atoms with E-state index < -0.39 is 11.7 Å². The first kappa shape index (κ1) is 22.4. The van der Waals surface area contributed by atoms with Crippen LogP contribution in [0, 0.1) is 0 Å². The number of benzene rings is 1. The third kappa shape index (κ3) is 5.80. The van der Waals surface area contributed by atoms with Gasteiger partial charge in [-0.2, -0.15) is 13.2 Å². The summed E-state index contributed by atoms with van der Waals surface area (Å²) < 4.78 is 38.3. The molecule has 1 heterocycles. The van der Waals surface area contributed by atoms with Gasteiger partial charge in [0, 0.05) is 25.2 Å². The number of amides is 3. The summed E-state index contributed by atoms with van der Waals surface area (Å²) in [4.78, 5) is 27.9. The van der Waals surface area contributed by atoms with E-state index in [1.165, 1.54) is 23.9 Å². The van der Waals surface area contributed by atoms with Crippen molar-refractivity contribution in [2.45, 2.75) is 44.8 Å². The highest BCUT2D eigenvalue weighted by Gasteiger charge is 2.35. The van der Waals surface area contributed by atoms with Crippen LogP contribution in [0.1, 0.15) is 44.2 Å². The van der Waals surface area contributed by atoms with Crippen molar-refractivity contribution < 1.29 is 22.8 Å². The molecule has 9 heteroatoms. The Kier molecular flexibility index (Phi) is 6.90. The van der Waals surface area contributed by atoms with Gasteiger partial charge in [-0.1, -0.05) is 12.1 Å². The SMILES string of the molecule is CCN(CCN1C(=O)CSC1c1ccc(C(F)(F)F)cc1)C(=O)NC(C)(C)C. The zero-order chi connectivity index (χ0) is 21.1. The van der Waals surface area contributed by atoms with Crippen molar-refractivity contribution in [3.05, 3.63) is 35.4 Å².